The summed E-state index contributed by atoms with van der Waals surface area (Å²) in [6.45, 7) is 6.89. The standard InChI is InChI=1S/C39H49N5O6/c1-24(2)44-32-13-10-9-12-30(32)43-35(44)19-21-41-36(47)14-8-7-11-20-40-31-18-16-27-28(23-33(31)46)29(42-25(3)45)17-15-26-22-34(48-4)38(49-5)39(50-6)37(26)27/h9-10,12-13,16,18,22-24,29H,7-8,11,14-15,17,19-21H2,1-6H3,(H,40,46)(H,41,47)(H,42,45)/t29-/m0/s1. The number of carbonyl (C=O) groups excluding carboxylic acids is 2. The number of ether oxygens (including phenoxy) is 3. The van der Waals surface area contributed by atoms with E-state index in [0.717, 1.165) is 58.4 Å². The quantitative estimate of drug-likeness (QED) is 0.128. The molecule has 0 saturated carbocycles. The Kier molecular flexibility index (Phi) is 12.0. The first-order valence-electron chi connectivity index (χ1n) is 17.4. The molecule has 4 aromatic rings. The van der Waals surface area contributed by atoms with E-state index in [1.54, 1.807) is 33.5 Å². The van der Waals surface area contributed by atoms with Crippen molar-refractivity contribution in [3.05, 3.63) is 75.7 Å². The van der Waals surface area contributed by atoms with Gasteiger partial charge in [-0.1, -0.05) is 24.6 Å². The monoisotopic (exact) mass is 683 g/mol. The number of anilines is 1. The number of hydrogen-bond donors (Lipinski definition) is 3. The third-order valence-corrected chi connectivity index (χ3v) is 9.17. The fraction of sp³-hybridized carbons (Fsp3) is 0.436. The molecule has 1 aliphatic carbocycles. The minimum atomic E-state index is -0.368. The number of methoxy groups -OCH3 is 3. The molecule has 1 aromatic heterocycles. The van der Waals surface area contributed by atoms with Crippen LogP contribution in [0.4, 0.5) is 5.69 Å². The number of hydrogen-bond acceptors (Lipinski definition) is 8. The van der Waals surface area contributed by atoms with Crippen LogP contribution in [-0.2, 0) is 22.4 Å². The molecule has 3 aromatic carbocycles. The Labute approximate surface area is 293 Å². The van der Waals surface area contributed by atoms with Crippen LogP contribution in [0.5, 0.6) is 17.2 Å². The Morgan fingerprint density at radius 1 is 0.960 bits per heavy atom. The van der Waals surface area contributed by atoms with Crippen LogP contribution in [-0.4, -0.2) is 55.8 Å². The summed E-state index contributed by atoms with van der Waals surface area (Å²) in [6.07, 6.45) is 4.73. The summed E-state index contributed by atoms with van der Waals surface area (Å²) in [4.78, 5) is 43.1. The maximum atomic E-state index is 13.5. The van der Waals surface area contributed by atoms with Gasteiger partial charge in [-0.3, -0.25) is 14.4 Å². The molecule has 1 heterocycles. The van der Waals surface area contributed by atoms with Gasteiger partial charge in [0, 0.05) is 44.5 Å². The maximum Gasteiger partial charge on any atom is 0.220 e. The zero-order valence-electron chi connectivity index (χ0n) is 30.0. The number of para-hydroxylation sites is 2. The summed E-state index contributed by atoms with van der Waals surface area (Å²) < 4.78 is 19.4. The second-order valence-electron chi connectivity index (χ2n) is 12.9. The minimum absolute atomic E-state index is 0.0299. The summed E-state index contributed by atoms with van der Waals surface area (Å²) in [7, 11) is 4.72. The van der Waals surface area contributed by atoms with Crippen molar-refractivity contribution in [3.8, 4) is 28.4 Å². The molecule has 1 atom stereocenters. The first kappa shape index (κ1) is 36.2. The highest BCUT2D eigenvalue weighted by Crippen LogP contribution is 2.50. The molecule has 2 amide bonds. The number of imidazole rings is 1. The average molecular weight is 684 g/mol. The molecule has 0 unspecified atom stereocenters. The molecule has 0 aliphatic heterocycles. The molecule has 0 fully saturated rings. The second-order valence-corrected chi connectivity index (χ2v) is 12.9. The summed E-state index contributed by atoms with van der Waals surface area (Å²) in [6, 6.07) is 15.3. The minimum Gasteiger partial charge on any atom is -0.493 e. The van der Waals surface area contributed by atoms with E-state index in [-0.39, 0.29) is 29.3 Å². The Morgan fingerprint density at radius 3 is 2.46 bits per heavy atom. The fourth-order valence-electron chi connectivity index (χ4n) is 6.91. The van der Waals surface area contributed by atoms with Crippen LogP contribution in [0.25, 0.3) is 22.2 Å². The molecule has 50 heavy (non-hydrogen) atoms. The average Bonchev–Trinajstić information content (AvgIpc) is 3.31. The van der Waals surface area contributed by atoms with Gasteiger partial charge in [0.2, 0.25) is 23.0 Å². The van der Waals surface area contributed by atoms with Crippen molar-refractivity contribution in [2.45, 2.75) is 77.8 Å². The van der Waals surface area contributed by atoms with E-state index in [2.05, 4.69) is 40.4 Å². The van der Waals surface area contributed by atoms with E-state index >= 15 is 0 Å². The van der Waals surface area contributed by atoms with Crippen molar-refractivity contribution >= 4 is 28.5 Å². The van der Waals surface area contributed by atoms with Gasteiger partial charge < -0.3 is 34.7 Å². The highest BCUT2D eigenvalue weighted by Gasteiger charge is 2.29. The Hall–Kier alpha value is -5.06. The van der Waals surface area contributed by atoms with Gasteiger partial charge in [0.05, 0.1) is 44.1 Å². The predicted molar refractivity (Wildman–Crippen MR) is 196 cm³/mol. The molecule has 3 N–H and O–H groups in total. The molecule has 0 saturated heterocycles. The van der Waals surface area contributed by atoms with Gasteiger partial charge in [0.15, 0.2) is 11.5 Å². The summed E-state index contributed by atoms with van der Waals surface area (Å²) in [5.41, 5.74) is 5.67. The molecule has 0 bridgehead atoms. The Balaban J connectivity index is 1.20. The van der Waals surface area contributed by atoms with E-state index in [1.165, 1.54) is 6.92 Å². The van der Waals surface area contributed by atoms with E-state index in [9.17, 15) is 14.4 Å². The van der Waals surface area contributed by atoms with Crippen LogP contribution >= 0.6 is 0 Å². The number of unbranched alkanes of at least 4 members (excludes halogenated alkanes) is 2. The maximum absolute atomic E-state index is 13.5. The zero-order valence-corrected chi connectivity index (χ0v) is 30.0. The van der Waals surface area contributed by atoms with Crippen molar-refractivity contribution in [2.75, 3.05) is 39.7 Å². The lowest BCUT2D eigenvalue weighted by atomic mass is 9.95. The molecular weight excluding hydrogens is 634 g/mol. The van der Waals surface area contributed by atoms with E-state index in [0.29, 0.717) is 61.7 Å². The topological polar surface area (TPSA) is 133 Å². The van der Waals surface area contributed by atoms with Crippen molar-refractivity contribution in [1.29, 1.82) is 0 Å². The normalized spacial score (nSPS) is 13.6. The van der Waals surface area contributed by atoms with Crippen molar-refractivity contribution in [1.82, 2.24) is 20.2 Å². The molecule has 266 valence electrons. The first-order chi connectivity index (χ1) is 24.2. The lowest BCUT2D eigenvalue weighted by Crippen LogP contribution is -2.26. The third kappa shape index (κ3) is 8.04. The number of carbonyl (C=O) groups is 2. The number of nitrogens with zero attached hydrogens (tertiary/aromatic N) is 2. The summed E-state index contributed by atoms with van der Waals surface area (Å²) in [5.74, 6) is 2.36. The number of amides is 2. The van der Waals surface area contributed by atoms with Crippen LogP contribution < -0.4 is 35.6 Å². The van der Waals surface area contributed by atoms with Gasteiger partial charge in [0.1, 0.15) is 5.82 Å². The molecule has 0 radical (unpaired) electrons. The highest BCUT2D eigenvalue weighted by atomic mass is 16.5. The zero-order chi connectivity index (χ0) is 35.8. The van der Waals surface area contributed by atoms with Crippen molar-refractivity contribution < 1.29 is 23.8 Å². The van der Waals surface area contributed by atoms with Gasteiger partial charge in [0.25, 0.3) is 0 Å². The SMILES string of the molecule is COc1cc2c(c(OC)c1OC)-c1ccc(NCCCCCC(=O)NCCc3nc4ccccc4n3C(C)C)c(=O)cc1[C@@H](NC(C)=O)CC2. The van der Waals surface area contributed by atoms with Crippen LogP contribution in [0.15, 0.2) is 53.3 Å². The van der Waals surface area contributed by atoms with Crippen molar-refractivity contribution in [3.63, 3.8) is 0 Å². The van der Waals surface area contributed by atoms with Crippen LogP contribution in [0.3, 0.4) is 0 Å². The Morgan fingerprint density at radius 2 is 1.74 bits per heavy atom. The summed E-state index contributed by atoms with van der Waals surface area (Å²) in [5, 5.41) is 9.38. The van der Waals surface area contributed by atoms with E-state index in [4.69, 9.17) is 19.2 Å². The van der Waals surface area contributed by atoms with E-state index < -0.39 is 0 Å². The van der Waals surface area contributed by atoms with Gasteiger partial charge >= 0.3 is 0 Å². The summed E-state index contributed by atoms with van der Waals surface area (Å²) >= 11 is 0. The lowest BCUT2D eigenvalue weighted by molar-refractivity contribution is -0.121. The molecule has 0 spiro atoms. The second kappa shape index (κ2) is 16.6. The Bertz CT molecular complexity index is 1900. The molecule has 11 nitrogen and oxygen atoms in total. The predicted octanol–water partition coefficient (Wildman–Crippen LogP) is 6.12. The molecule has 1 aliphatic rings. The fourth-order valence-corrected chi connectivity index (χ4v) is 6.91. The molecular formula is C39H49N5O6. The largest absolute Gasteiger partial charge is 0.493 e. The van der Waals surface area contributed by atoms with Gasteiger partial charge in [-0.2, -0.15) is 0 Å². The van der Waals surface area contributed by atoms with Crippen LogP contribution in [0.2, 0.25) is 0 Å². The number of aromatic nitrogens is 2. The molecule has 5 rings (SSSR count). The number of aryl methyl sites for hydroxylation is 1. The third-order valence-electron chi connectivity index (χ3n) is 9.17. The smallest absolute Gasteiger partial charge is 0.220 e. The number of benzene rings is 2. The van der Waals surface area contributed by atoms with Gasteiger partial charge in [-0.05, 0) is 86.6 Å². The molecule has 11 heteroatoms. The van der Waals surface area contributed by atoms with Crippen LogP contribution in [0, 0.1) is 0 Å². The van der Waals surface area contributed by atoms with E-state index in [1.807, 2.05) is 30.3 Å². The van der Waals surface area contributed by atoms with Gasteiger partial charge in [-0.25, -0.2) is 4.98 Å². The lowest BCUT2D eigenvalue weighted by Gasteiger charge is -2.19. The van der Waals surface area contributed by atoms with Crippen molar-refractivity contribution in [2.24, 2.45) is 0 Å². The highest BCUT2D eigenvalue weighted by molar-refractivity contribution is 5.84. The first-order valence-corrected chi connectivity index (χ1v) is 17.4. The number of nitrogens with one attached hydrogen (secondary N) is 3. The number of rotatable bonds is 15. The van der Waals surface area contributed by atoms with Crippen LogP contribution in [0.1, 0.15) is 81.9 Å². The van der Waals surface area contributed by atoms with Gasteiger partial charge in [-0.15, -0.1) is 0 Å². The number of fused-ring (bicyclic) bond motifs is 4.